The van der Waals surface area contributed by atoms with E-state index >= 15 is 0 Å². The number of fused-ring (bicyclic) bond motifs is 4. The van der Waals surface area contributed by atoms with Crippen LogP contribution in [0.2, 0.25) is 0 Å². The molecule has 2 aliphatic rings. The van der Waals surface area contributed by atoms with Crippen molar-refractivity contribution in [2.24, 2.45) is 0 Å². The Morgan fingerprint density at radius 3 is 1.64 bits per heavy atom. The number of hydrogen-bond donors (Lipinski definition) is 0. The summed E-state index contributed by atoms with van der Waals surface area (Å²) in [5, 5.41) is 0. The molecule has 0 atom stereocenters. The van der Waals surface area contributed by atoms with Gasteiger partial charge in [-0.3, -0.25) is 4.98 Å². The molecule has 45 heavy (non-hydrogen) atoms. The molecule has 0 bridgehead atoms. The topological polar surface area (TPSA) is 16.1 Å². The molecule has 0 N–H and O–H groups in total. The number of para-hydroxylation sites is 2. The fraction of sp³-hybridized carbons (Fsp3) is 0.146. The van der Waals surface area contributed by atoms with Gasteiger partial charge in [0.25, 0.3) is 0 Å². The van der Waals surface area contributed by atoms with E-state index < -0.39 is 0 Å². The van der Waals surface area contributed by atoms with Gasteiger partial charge in [0.2, 0.25) is 13.4 Å². The molecule has 8 rings (SSSR count). The van der Waals surface area contributed by atoms with E-state index in [0.717, 1.165) is 5.56 Å². The van der Waals surface area contributed by atoms with E-state index in [1.165, 1.54) is 88.8 Å². The maximum absolute atomic E-state index is 4.45. The third-order valence-corrected chi connectivity index (χ3v) is 10.1. The molecule has 0 fully saturated rings. The molecule has 216 valence electrons. The highest BCUT2D eigenvalue weighted by Crippen LogP contribution is 2.38. The summed E-state index contributed by atoms with van der Waals surface area (Å²) in [7, 11) is 0. The van der Waals surface area contributed by atoms with Crippen molar-refractivity contribution in [1.82, 2.24) is 4.98 Å². The molecule has 0 radical (unpaired) electrons. The summed E-state index contributed by atoms with van der Waals surface area (Å²) in [6, 6.07) is 36.8. The lowest BCUT2D eigenvalue weighted by atomic mass is 9.29. The monoisotopic (exact) mass is 578 g/mol. The highest BCUT2D eigenvalue weighted by molar-refractivity contribution is 7.02. The predicted octanol–water partition coefficient (Wildman–Crippen LogP) is 5.73. The van der Waals surface area contributed by atoms with Crippen LogP contribution in [0, 0.1) is 41.5 Å². The van der Waals surface area contributed by atoms with Crippen molar-refractivity contribution in [3.8, 4) is 11.1 Å². The molecule has 0 aliphatic carbocycles. The minimum absolute atomic E-state index is 0.106. The smallest absolute Gasteiger partial charge is 0.247 e. The van der Waals surface area contributed by atoms with Crippen LogP contribution >= 0.6 is 0 Å². The first-order valence-electron chi connectivity index (χ1n) is 16.0. The Kier molecular flexibility index (Phi) is 6.39. The van der Waals surface area contributed by atoms with Crippen molar-refractivity contribution >= 4 is 63.3 Å². The molecule has 4 heteroatoms. The van der Waals surface area contributed by atoms with Crippen molar-refractivity contribution < 1.29 is 0 Å². The molecule has 2 nitrogen and oxygen atoms in total. The lowest BCUT2D eigenvalue weighted by Crippen LogP contribution is -2.66. The van der Waals surface area contributed by atoms with E-state index in [2.05, 4.69) is 142 Å². The molecule has 0 saturated heterocycles. The van der Waals surface area contributed by atoms with Crippen LogP contribution in [0.25, 0.3) is 11.1 Å². The minimum Gasteiger partial charge on any atom is -0.313 e. The second-order valence-corrected chi connectivity index (χ2v) is 13.2. The molecule has 5 aromatic carbocycles. The molecule has 2 aliphatic heterocycles. The van der Waals surface area contributed by atoms with Gasteiger partial charge in [-0.05, 0) is 92.7 Å². The van der Waals surface area contributed by atoms with Crippen LogP contribution in [0.4, 0.5) is 17.1 Å². The van der Waals surface area contributed by atoms with Gasteiger partial charge in [-0.25, -0.2) is 0 Å². The second kappa shape index (κ2) is 10.4. The van der Waals surface area contributed by atoms with E-state index in [9.17, 15) is 0 Å². The SMILES string of the molecule is Cc1cc(C)c(B2c3ccccc3N3c4ccc(-c5cccnc5)cc4B(c4c(C)cc(C)cc4C)c4cccc2c43)c(C)c1. The lowest BCUT2D eigenvalue weighted by Gasteiger charge is -2.44. The van der Waals surface area contributed by atoms with Gasteiger partial charge in [0.15, 0.2) is 0 Å². The van der Waals surface area contributed by atoms with Crippen molar-refractivity contribution in [2.75, 3.05) is 4.90 Å². The zero-order chi connectivity index (χ0) is 31.0. The third-order valence-electron chi connectivity index (χ3n) is 10.1. The molecule has 6 aromatic rings. The molecule has 1 aromatic heterocycles. The number of pyridine rings is 1. The standard InChI is InChI=1S/C41H36B2N2/c1-25-19-27(3)39(28(4)20-25)42-33-12-7-8-15-37(33)45-38-17-16-31(32-11-10-18-44-24-32)23-36(38)43(35-14-9-13-34(42)41(35)45)40-29(5)21-26(2)22-30(40)6/h7-24H,1-6H3. The quantitative estimate of drug-likeness (QED) is 0.249. The number of aryl methyl sites for hydroxylation is 6. The molecular formula is C41H36B2N2. The predicted molar refractivity (Wildman–Crippen MR) is 195 cm³/mol. The number of hydrogen-bond acceptors (Lipinski definition) is 2. The summed E-state index contributed by atoms with van der Waals surface area (Å²) in [6.45, 7) is 13.8. The minimum atomic E-state index is 0.106. The first-order chi connectivity index (χ1) is 21.8. The fourth-order valence-corrected chi connectivity index (χ4v) is 8.56. The van der Waals surface area contributed by atoms with Crippen LogP contribution in [0.3, 0.4) is 0 Å². The van der Waals surface area contributed by atoms with Gasteiger partial charge in [-0.1, -0.05) is 123 Å². The van der Waals surface area contributed by atoms with E-state index in [1.54, 1.807) is 0 Å². The Morgan fingerprint density at radius 2 is 1.04 bits per heavy atom. The summed E-state index contributed by atoms with van der Waals surface area (Å²) in [5.41, 5.74) is 22.5. The highest BCUT2D eigenvalue weighted by atomic mass is 15.2. The first kappa shape index (κ1) is 27.7. The zero-order valence-electron chi connectivity index (χ0n) is 26.9. The van der Waals surface area contributed by atoms with Crippen LogP contribution in [-0.2, 0) is 0 Å². The van der Waals surface area contributed by atoms with Gasteiger partial charge in [-0.15, -0.1) is 0 Å². The summed E-state index contributed by atoms with van der Waals surface area (Å²) in [5.74, 6) is 0. The number of benzene rings is 5. The van der Waals surface area contributed by atoms with Gasteiger partial charge in [0.1, 0.15) is 0 Å². The molecule has 0 spiro atoms. The summed E-state index contributed by atoms with van der Waals surface area (Å²) < 4.78 is 0. The number of aromatic nitrogens is 1. The highest BCUT2D eigenvalue weighted by Gasteiger charge is 2.44. The van der Waals surface area contributed by atoms with Crippen LogP contribution in [-0.4, -0.2) is 18.4 Å². The fourth-order valence-electron chi connectivity index (χ4n) is 8.56. The second-order valence-electron chi connectivity index (χ2n) is 13.2. The van der Waals surface area contributed by atoms with Crippen molar-refractivity contribution in [2.45, 2.75) is 41.5 Å². The average molecular weight is 578 g/mol. The zero-order valence-corrected chi connectivity index (χ0v) is 26.9. The Bertz CT molecular complexity index is 2100. The van der Waals surface area contributed by atoms with Crippen molar-refractivity contribution in [1.29, 1.82) is 0 Å². The third kappa shape index (κ3) is 4.23. The maximum Gasteiger partial charge on any atom is 0.247 e. The maximum atomic E-state index is 4.45. The number of nitrogens with zero attached hydrogens (tertiary/aromatic N) is 2. The van der Waals surface area contributed by atoms with Gasteiger partial charge < -0.3 is 4.90 Å². The van der Waals surface area contributed by atoms with E-state index in [-0.39, 0.29) is 13.4 Å². The van der Waals surface area contributed by atoms with Crippen molar-refractivity contribution in [3.05, 3.63) is 143 Å². The van der Waals surface area contributed by atoms with Crippen LogP contribution in [0.1, 0.15) is 33.4 Å². The van der Waals surface area contributed by atoms with Gasteiger partial charge in [0, 0.05) is 29.5 Å². The Hall–Kier alpha value is -4.82. The largest absolute Gasteiger partial charge is 0.313 e. The van der Waals surface area contributed by atoms with E-state index in [4.69, 9.17) is 0 Å². The van der Waals surface area contributed by atoms with Crippen molar-refractivity contribution in [3.63, 3.8) is 0 Å². The van der Waals surface area contributed by atoms with Crippen LogP contribution in [0.15, 0.2) is 109 Å². The Morgan fingerprint density at radius 1 is 0.489 bits per heavy atom. The normalized spacial score (nSPS) is 13.0. The number of rotatable bonds is 3. The van der Waals surface area contributed by atoms with Crippen LogP contribution < -0.4 is 37.7 Å². The number of anilines is 3. The van der Waals surface area contributed by atoms with Crippen LogP contribution in [0.5, 0.6) is 0 Å². The summed E-state index contributed by atoms with van der Waals surface area (Å²) in [4.78, 5) is 7.01. The summed E-state index contributed by atoms with van der Waals surface area (Å²) >= 11 is 0. The average Bonchev–Trinajstić information content (AvgIpc) is 3.02. The molecule has 3 heterocycles. The molecule has 0 saturated carbocycles. The Labute approximate surface area is 268 Å². The molecule has 0 amide bonds. The summed E-state index contributed by atoms with van der Waals surface area (Å²) in [6.07, 6.45) is 3.82. The first-order valence-corrected chi connectivity index (χ1v) is 16.0. The molecular weight excluding hydrogens is 542 g/mol. The Balaban J connectivity index is 1.47. The van der Waals surface area contributed by atoms with E-state index in [1.807, 2.05) is 18.5 Å². The van der Waals surface area contributed by atoms with Gasteiger partial charge in [-0.2, -0.15) is 0 Å². The molecule has 0 unspecified atom stereocenters. The van der Waals surface area contributed by atoms with Gasteiger partial charge in [0.05, 0.1) is 0 Å². The van der Waals surface area contributed by atoms with Gasteiger partial charge >= 0.3 is 0 Å². The van der Waals surface area contributed by atoms with E-state index in [0.29, 0.717) is 0 Å². The lowest BCUT2D eigenvalue weighted by molar-refractivity contribution is 1.29.